The maximum atomic E-state index is 12.0. The van der Waals surface area contributed by atoms with E-state index in [0.29, 0.717) is 5.56 Å². The largest absolute Gasteiger partial charge is 0.269 e. The van der Waals surface area contributed by atoms with E-state index in [1.54, 1.807) is 10.1 Å². The number of thiophene rings is 1. The molecule has 19 heavy (non-hydrogen) atoms. The van der Waals surface area contributed by atoms with Gasteiger partial charge in [0.1, 0.15) is 0 Å². The monoisotopic (exact) mass is 297 g/mol. The topological polar surface area (TPSA) is 81.1 Å². The van der Waals surface area contributed by atoms with Gasteiger partial charge in [0.15, 0.2) is 0 Å². The van der Waals surface area contributed by atoms with Gasteiger partial charge in [0.05, 0.1) is 22.3 Å². The van der Waals surface area contributed by atoms with Crippen molar-refractivity contribution in [3.05, 3.63) is 34.3 Å². The van der Waals surface area contributed by atoms with Gasteiger partial charge >= 0.3 is 0 Å². The lowest BCUT2D eigenvalue weighted by molar-refractivity contribution is 0.0980. The average molecular weight is 297 g/mol. The van der Waals surface area contributed by atoms with E-state index < -0.39 is 15.9 Å². The third-order valence-corrected chi connectivity index (χ3v) is 5.17. The van der Waals surface area contributed by atoms with Gasteiger partial charge in [0.2, 0.25) is 0 Å². The van der Waals surface area contributed by atoms with Crippen molar-refractivity contribution in [2.75, 3.05) is 0 Å². The molecular formula is C11H11N3O3S2. The van der Waals surface area contributed by atoms with E-state index in [-0.39, 0.29) is 4.90 Å². The Hall–Kier alpha value is -1.67. The summed E-state index contributed by atoms with van der Waals surface area (Å²) in [5.74, 6) is -0.616. The lowest BCUT2D eigenvalue weighted by Crippen LogP contribution is -2.30. The number of aromatic nitrogens is 2. The number of amides is 1. The normalized spacial score (nSPS) is 14.3. The minimum Gasteiger partial charge on any atom is -0.269 e. The van der Waals surface area contributed by atoms with Gasteiger partial charge in [-0.1, -0.05) is 0 Å². The van der Waals surface area contributed by atoms with Crippen molar-refractivity contribution in [3.8, 4) is 0 Å². The van der Waals surface area contributed by atoms with E-state index in [1.807, 2.05) is 0 Å². The molecule has 0 aliphatic carbocycles. The number of rotatable bonds is 3. The Morgan fingerprint density at radius 1 is 1.47 bits per heavy atom. The van der Waals surface area contributed by atoms with E-state index in [9.17, 15) is 13.2 Å². The highest BCUT2D eigenvalue weighted by molar-refractivity contribution is 7.90. The van der Waals surface area contributed by atoms with Crippen LogP contribution in [0.4, 0.5) is 0 Å². The van der Waals surface area contributed by atoms with Gasteiger partial charge in [-0.15, -0.1) is 0 Å². The van der Waals surface area contributed by atoms with E-state index in [1.165, 1.54) is 29.0 Å². The van der Waals surface area contributed by atoms with Crippen molar-refractivity contribution in [3.63, 3.8) is 0 Å². The van der Waals surface area contributed by atoms with E-state index in [0.717, 1.165) is 25.1 Å². The zero-order valence-electron chi connectivity index (χ0n) is 9.87. The Kier molecular flexibility index (Phi) is 2.90. The molecule has 1 amide bonds. The maximum Gasteiger partial charge on any atom is 0.268 e. The van der Waals surface area contributed by atoms with Gasteiger partial charge in [0, 0.05) is 11.9 Å². The quantitative estimate of drug-likeness (QED) is 0.916. The summed E-state index contributed by atoms with van der Waals surface area (Å²) in [6.45, 7) is 0.778. The predicted octanol–water partition coefficient (Wildman–Crippen LogP) is 1.01. The van der Waals surface area contributed by atoms with Crippen LogP contribution in [0.15, 0.2) is 27.9 Å². The van der Waals surface area contributed by atoms with Crippen LogP contribution in [0.25, 0.3) is 0 Å². The Bertz CT molecular complexity index is 716. The molecule has 0 saturated heterocycles. The molecule has 100 valence electrons. The number of nitrogens with one attached hydrogen (secondary N) is 1. The summed E-state index contributed by atoms with van der Waals surface area (Å²) in [6, 6.07) is 1.46. The highest BCUT2D eigenvalue weighted by atomic mass is 32.2. The molecule has 0 spiro atoms. The van der Waals surface area contributed by atoms with Gasteiger partial charge in [-0.3, -0.25) is 9.48 Å². The number of hydrogen-bond acceptors (Lipinski definition) is 5. The summed E-state index contributed by atoms with van der Waals surface area (Å²) in [5.41, 5.74) is 1.15. The first-order valence-electron chi connectivity index (χ1n) is 5.72. The Balaban J connectivity index is 1.86. The SMILES string of the molecule is O=C(NS(=O)(=O)c1ccsc1)c1cnn2c1CCC2. The molecule has 6 nitrogen and oxygen atoms in total. The summed E-state index contributed by atoms with van der Waals surface area (Å²) < 4.78 is 27.7. The molecule has 1 aliphatic rings. The van der Waals surface area contributed by atoms with Crippen LogP contribution >= 0.6 is 11.3 Å². The molecule has 0 radical (unpaired) electrons. The molecule has 2 aromatic rings. The van der Waals surface area contributed by atoms with E-state index >= 15 is 0 Å². The molecule has 0 aromatic carbocycles. The number of carbonyl (C=O) groups excluding carboxylic acids is 1. The lowest BCUT2D eigenvalue weighted by atomic mass is 10.2. The molecule has 1 N–H and O–H groups in total. The first-order valence-corrected chi connectivity index (χ1v) is 8.14. The molecule has 0 saturated carbocycles. The van der Waals surface area contributed by atoms with Crippen molar-refractivity contribution >= 4 is 27.3 Å². The van der Waals surface area contributed by atoms with Crippen LogP contribution in [0.2, 0.25) is 0 Å². The fraction of sp³-hybridized carbons (Fsp3) is 0.273. The summed E-state index contributed by atoms with van der Waals surface area (Å²) in [6.07, 6.45) is 3.11. The first kappa shape index (κ1) is 12.4. The van der Waals surface area contributed by atoms with E-state index in [2.05, 4.69) is 9.82 Å². The molecule has 0 fully saturated rings. The molecule has 3 heterocycles. The van der Waals surface area contributed by atoms with Crippen molar-refractivity contribution < 1.29 is 13.2 Å². The third-order valence-electron chi connectivity index (χ3n) is 3.01. The predicted molar refractivity (Wildman–Crippen MR) is 69.5 cm³/mol. The number of carbonyl (C=O) groups is 1. The Morgan fingerprint density at radius 3 is 3.05 bits per heavy atom. The van der Waals surface area contributed by atoms with Crippen molar-refractivity contribution in [1.29, 1.82) is 0 Å². The number of hydrogen-bond donors (Lipinski definition) is 1. The van der Waals surface area contributed by atoms with Crippen LogP contribution in [0, 0.1) is 0 Å². The van der Waals surface area contributed by atoms with Gasteiger partial charge in [0.25, 0.3) is 15.9 Å². The van der Waals surface area contributed by atoms with Crippen molar-refractivity contribution in [2.45, 2.75) is 24.3 Å². The molecule has 8 heteroatoms. The van der Waals surface area contributed by atoms with Gasteiger partial charge in [-0.25, -0.2) is 13.1 Å². The van der Waals surface area contributed by atoms with Crippen molar-refractivity contribution in [2.24, 2.45) is 0 Å². The Morgan fingerprint density at radius 2 is 2.32 bits per heavy atom. The van der Waals surface area contributed by atoms with Crippen LogP contribution in [0.3, 0.4) is 0 Å². The highest BCUT2D eigenvalue weighted by Crippen LogP contribution is 2.19. The third kappa shape index (κ3) is 2.17. The second-order valence-corrected chi connectivity index (χ2v) is 6.69. The van der Waals surface area contributed by atoms with Gasteiger partial charge < -0.3 is 0 Å². The lowest BCUT2D eigenvalue weighted by Gasteiger charge is -2.04. The highest BCUT2D eigenvalue weighted by Gasteiger charge is 2.25. The molecule has 0 unspecified atom stereocenters. The Labute approximate surface area is 114 Å². The van der Waals surface area contributed by atoms with Crippen LogP contribution in [0.1, 0.15) is 22.5 Å². The minimum absolute atomic E-state index is 0.106. The average Bonchev–Trinajstić information content (AvgIpc) is 3.06. The standard InChI is InChI=1S/C11H11N3O3S2/c15-11(9-6-12-14-4-1-2-10(9)14)13-19(16,17)8-3-5-18-7-8/h3,5-7H,1-2,4H2,(H,13,15). The summed E-state index contributed by atoms with van der Waals surface area (Å²) in [7, 11) is -3.79. The van der Waals surface area contributed by atoms with Crippen LogP contribution in [-0.4, -0.2) is 24.1 Å². The fourth-order valence-corrected chi connectivity index (χ4v) is 4.09. The summed E-state index contributed by atoms with van der Waals surface area (Å²) >= 11 is 1.26. The molecule has 0 bridgehead atoms. The van der Waals surface area contributed by atoms with Crippen molar-refractivity contribution in [1.82, 2.24) is 14.5 Å². The minimum atomic E-state index is -3.79. The fourth-order valence-electron chi connectivity index (χ4n) is 2.09. The zero-order valence-corrected chi connectivity index (χ0v) is 11.5. The smallest absolute Gasteiger partial charge is 0.268 e. The van der Waals surface area contributed by atoms with Crippen LogP contribution in [0.5, 0.6) is 0 Å². The summed E-state index contributed by atoms with van der Waals surface area (Å²) in [4.78, 5) is 12.1. The molecule has 2 aromatic heterocycles. The number of aryl methyl sites for hydroxylation is 1. The second kappa shape index (κ2) is 4.46. The number of nitrogens with zero attached hydrogens (tertiary/aromatic N) is 2. The van der Waals surface area contributed by atoms with Crippen LogP contribution in [-0.2, 0) is 23.0 Å². The molecular weight excluding hydrogens is 286 g/mol. The number of fused-ring (bicyclic) bond motifs is 1. The maximum absolute atomic E-state index is 12.0. The molecule has 0 atom stereocenters. The summed E-state index contributed by atoms with van der Waals surface area (Å²) in [5, 5.41) is 7.21. The van der Waals surface area contributed by atoms with Crippen LogP contribution < -0.4 is 4.72 Å². The number of sulfonamides is 1. The zero-order chi connectivity index (χ0) is 13.5. The second-order valence-electron chi connectivity index (χ2n) is 4.23. The first-order chi connectivity index (χ1) is 9.08. The molecule has 3 rings (SSSR count). The molecule has 1 aliphatic heterocycles. The van der Waals surface area contributed by atoms with E-state index in [4.69, 9.17) is 0 Å². The van der Waals surface area contributed by atoms with Gasteiger partial charge in [-0.2, -0.15) is 16.4 Å². The van der Waals surface area contributed by atoms with Gasteiger partial charge in [-0.05, 0) is 24.3 Å².